The third-order valence-corrected chi connectivity index (χ3v) is 3.73. The van der Waals surface area contributed by atoms with E-state index in [1.54, 1.807) is 0 Å². The molecule has 2 rings (SSSR count). The zero-order valence-corrected chi connectivity index (χ0v) is 12.3. The fraction of sp³-hybridized carbons (Fsp3) is 0.500. The number of halogens is 2. The molecule has 0 amide bonds. The smallest absolute Gasteiger partial charge is 0.295 e. The molecule has 1 aliphatic heterocycles. The zero-order chi connectivity index (χ0) is 14.2. The Labute approximate surface area is 119 Å². The van der Waals surface area contributed by atoms with Crippen molar-refractivity contribution in [2.75, 3.05) is 24.5 Å². The van der Waals surface area contributed by atoms with Crippen molar-refractivity contribution in [1.29, 1.82) is 0 Å². The van der Waals surface area contributed by atoms with Crippen LogP contribution in [0.2, 0.25) is 0 Å². The largest absolute Gasteiger partial charge is 0.363 e. The summed E-state index contributed by atoms with van der Waals surface area (Å²) in [6, 6.07) is 2.45. The van der Waals surface area contributed by atoms with E-state index in [0.29, 0.717) is 18.8 Å². The Kier molecular flexibility index (Phi) is 3.78. The molecule has 1 N–H and O–H groups in total. The fourth-order valence-electron chi connectivity index (χ4n) is 2.27. The van der Waals surface area contributed by atoms with Crippen molar-refractivity contribution in [2.24, 2.45) is 0 Å². The first-order valence-electron chi connectivity index (χ1n) is 5.93. The molecule has 19 heavy (non-hydrogen) atoms. The summed E-state index contributed by atoms with van der Waals surface area (Å²) in [5, 5.41) is 14.4. The van der Waals surface area contributed by atoms with Gasteiger partial charge in [-0.15, -0.1) is 0 Å². The van der Waals surface area contributed by atoms with Crippen LogP contribution < -0.4 is 10.2 Å². The molecule has 0 bridgehead atoms. The van der Waals surface area contributed by atoms with Crippen LogP contribution in [0.1, 0.15) is 13.8 Å². The Morgan fingerprint density at radius 3 is 2.79 bits per heavy atom. The van der Waals surface area contributed by atoms with Crippen molar-refractivity contribution < 1.29 is 9.31 Å². The lowest BCUT2D eigenvalue weighted by Crippen LogP contribution is -2.57. The number of hydrogen-bond acceptors (Lipinski definition) is 4. The summed E-state index contributed by atoms with van der Waals surface area (Å²) in [7, 11) is 0. The van der Waals surface area contributed by atoms with Gasteiger partial charge >= 0.3 is 0 Å². The maximum absolute atomic E-state index is 13.5. The number of anilines is 1. The minimum atomic E-state index is -0.621. The summed E-state index contributed by atoms with van der Waals surface area (Å²) in [4.78, 5) is 12.4. The van der Waals surface area contributed by atoms with Crippen LogP contribution in [0.25, 0.3) is 0 Å². The standard InChI is InChI=1S/C12H15BrFN3O2/c1-12(2)7-16(4-3-15-12)10-5-8(13)9(14)6-11(10)17(18)19/h5-6,15H,3-4,7H2,1-2H3. The van der Waals surface area contributed by atoms with Crippen LogP contribution in [0.5, 0.6) is 0 Å². The highest BCUT2D eigenvalue weighted by Crippen LogP contribution is 2.34. The summed E-state index contributed by atoms with van der Waals surface area (Å²) >= 11 is 3.08. The molecule has 0 aliphatic carbocycles. The molecule has 0 atom stereocenters. The summed E-state index contributed by atoms with van der Waals surface area (Å²) in [5.74, 6) is -0.621. The maximum Gasteiger partial charge on any atom is 0.295 e. The molecule has 1 heterocycles. The van der Waals surface area contributed by atoms with Gasteiger partial charge in [0.05, 0.1) is 15.5 Å². The summed E-state index contributed by atoms with van der Waals surface area (Å²) in [5.41, 5.74) is 0.124. The number of benzene rings is 1. The zero-order valence-electron chi connectivity index (χ0n) is 10.7. The molecular weight excluding hydrogens is 317 g/mol. The van der Waals surface area contributed by atoms with Crippen molar-refractivity contribution in [3.63, 3.8) is 0 Å². The van der Waals surface area contributed by atoms with Crippen molar-refractivity contribution in [3.05, 3.63) is 32.5 Å². The Hall–Kier alpha value is -1.21. The van der Waals surface area contributed by atoms with Gasteiger partial charge in [-0.1, -0.05) is 0 Å². The number of nitrogens with one attached hydrogen (secondary N) is 1. The molecule has 1 aromatic carbocycles. The third-order valence-electron chi connectivity index (χ3n) is 3.13. The number of nitrogens with zero attached hydrogens (tertiary/aromatic N) is 2. The van der Waals surface area contributed by atoms with Crippen LogP contribution in [0.3, 0.4) is 0 Å². The van der Waals surface area contributed by atoms with Gasteiger partial charge in [0, 0.05) is 25.2 Å². The highest BCUT2D eigenvalue weighted by Gasteiger charge is 2.30. The number of nitro groups is 1. The molecule has 1 fully saturated rings. The Morgan fingerprint density at radius 1 is 1.53 bits per heavy atom. The molecule has 1 aliphatic rings. The van der Waals surface area contributed by atoms with Crippen LogP contribution in [0, 0.1) is 15.9 Å². The highest BCUT2D eigenvalue weighted by molar-refractivity contribution is 9.10. The molecule has 0 saturated carbocycles. The lowest BCUT2D eigenvalue weighted by molar-refractivity contribution is -0.384. The van der Waals surface area contributed by atoms with Crippen molar-refractivity contribution in [3.8, 4) is 0 Å². The third kappa shape index (κ3) is 3.03. The van der Waals surface area contributed by atoms with Crippen LogP contribution in [-0.2, 0) is 0 Å². The SMILES string of the molecule is CC1(C)CN(c2cc(Br)c(F)cc2[N+](=O)[O-])CCN1. The first-order chi connectivity index (χ1) is 8.80. The van der Waals surface area contributed by atoms with E-state index in [0.717, 1.165) is 12.6 Å². The quantitative estimate of drug-likeness (QED) is 0.668. The molecule has 1 aromatic rings. The van der Waals surface area contributed by atoms with Crippen LogP contribution in [-0.4, -0.2) is 30.1 Å². The Balaban J connectivity index is 2.43. The topological polar surface area (TPSA) is 58.4 Å². The van der Waals surface area contributed by atoms with E-state index in [1.165, 1.54) is 6.07 Å². The van der Waals surface area contributed by atoms with Gasteiger partial charge in [0.15, 0.2) is 0 Å². The maximum atomic E-state index is 13.5. The average molecular weight is 332 g/mol. The molecule has 0 unspecified atom stereocenters. The van der Waals surface area contributed by atoms with E-state index >= 15 is 0 Å². The van der Waals surface area contributed by atoms with Crippen molar-refractivity contribution in [2.45, 2.75) is 19.4 Å². The minimum absolute atomic E-state index is 0.132. The van der Waals surface area contributed by atoms with E-state index in [1.807, 2.05) is 18.7 Å². The van der Waals surface area contributed by atoms with Gasteiger partial charge in [-0.25, -0.2) is 4.39 Å². The second-order valence-electron chi connectivity index (χ2n) is 5.24. The molecule has 0 radical (unpaired) electrons. The summed E-state index contributed by atoms with van der Waals surface area (Å²) < 4.78 is 13.7. The number of rotatable bonds is 2. The lowest BCUT2D eigenvalue weighted by atomic mass is 10.0. The van der Waals surface area contributed by atoms with E-state index in [2.05, 4.69) is 21.2 Å². The van der Waals surface area contributed by atoms with Gasteiger partial charge in [-0.2, -0.15) is 0 Å². The van der Waals surface area contributed by atoms with Gasteiger partial charge in [0.1, 0.15) is 11.5 Å². The molecule has 7 heteroatoms. The predicted molar refractivity (Wildman–Crippen MR) is 75.0 cm³/mol. The van der Waals surface area contributed by atoms with Gasteiger partial charge < -0.3 is 10.2 Å². The van der Waals surface area contributed by atoms with E-state index in [4.69, 9.17) is 0 Å². The lowest BCUT2D eigenvalue weighted by Gasteiger charge is -2.40. The van der Waals surface area contributed by atoms with Gasteiger partial charge in [0.25, 0.3) is 5.69 Å². The van der Waals surface area contributed by atoms with E-state index < -0.39 is 10.7 Å². The molecule has 5 nitrogen and oxygen atoms in total. The molecule has 0 aromatic heterocycles. The Bertz CT molecular complexity index is 522. The van der Waals surface area contributed by atoms with Gasteiger partial charge in [0.2, 0.25) is 0 Å². The summed E-state index contributed by atoms with van der Waals surface area (Å²) in [6.07, 6.45) is 0. The second-order valence-corrected chi connectivity index (χ2v) is 6.10. The van der Waals surface area contributed by atoms with E-state index in [-0.39, 0.29) is 15.7 Å². The summed E-state index contributed by atoms with van der Waals surface area (Å²) in [6.45, 7) is 6.08. The van der Waals surface area contributed by atoms with Crippen LogP contribution in [0.4, 0.5) is 15.8 Å². The predicted octanol–water partition coefficient (Wildman–Crippen LogP) is 2.68. The first kappa shape index (κ1) is 14.2. The fourth-order valence-corrected chi connectivity index (χ4v) is 2.60. The molecular formula is C12H15BrFN3O2. The second kappa shape index (κ2) is 5.05. The van der Waals surface area contributed by atoms with Crippen molar-refractivity contribution in [1.82, 2.24) is 5.32 Å². The number of piperazine rings is 1. The van der Waals surface area contributed by atoms with Crippen molar-refractivity contribution >= 4 is 27.3 Å². The monoisotopic (exact) mass is 331 g/mol. The van der Waals surface area contributed by atoms with Gasteiger partial charge in [-0.05, 0) is 35.8 Å². The number of nitro benzene ring substituents is 1. The van der Waals surface area contributed by atoms with Crippen LogP contribution in [0.15, 0.2) is 16.6 Å². The Morgan fingerprint density at radius 2 is 2.21 bits per heavy atom. The minimum Gasteiger partial charge on any atom is -0.363 e. The molecule has 104 valence electrons. The first-order valence-corrected chi connectivity index (χ1v) is 6.73. The normalized spacial score (nSPS) is 18.4. The average Bonchev–Trinajstić information content (AvgIpc) is 2.30. The number of hydrogen-bond donors (Lipinski definition) is 1. The molecule has 0 spiro atoms. The van der Waals surface area contributed by atoms with Crippen LogP contribution >= 0.6 is 15.9 Å². The van der Waals surface area contributed by atoms with E-state index in [9.17, 15) is 14.5 Å². The molecule has 1 saturated heterocycles. The van der Waals surface area contributed by atoms with Gasteiger partial charge in [-0.3, -0.25) is 10.1 Å². The highest BCUT2D eigenvalue weighted by atomic mass is 79.9.